The molecule has 0 unspecified atom stereocenters. The molecule has 1 amide bonds. The second-order valence-corrected chi connectivity index (χ2v) is 6.24. The van der Waals surface area contributed by atoms with Crippen molar-refractivity contribution in [2.75, 3.05) is 18.5 Å². The normalized spacial score (nSPS) is 13.7. The Bertz CT molecular complexity index is 774. The predicted octanol–water partition coefficient (Wildman–Crippen LogP) is 2.99. The number of rotatable bonds is 7. The van der Waals surface area contributed by atoms with Gasteiger partial charge in [0.15, 0.2) is 0 Å². The zero-order chi connectivity index (χ0) is 18.4. The topological polar surface area (TPSA) is 71.5 Å². The highest BCUT2D eigenvalue weighted by Crippen LogP contribution is 2.16. The zero-order valence-corrected chi connectivity index (χ0v) is 14.9. The molecule has 0 radical (unpaired) electrons. The lowest BCUT2D eigenvalue weighted by molar-refractivity contribution is -0.128. The van der Waals surface area contributed by atoms with Gasteiger partial charge in [0.2, 0.25) is 5.91 Å². The van der Waals surface area contributed by atoms with Crippen molar-refractivity contribution < 1.29 is 14.3 Å². The van der Waals surface area contributed by atoms with Gasteiger partial charge in [-0.2, -0.15) is 0 Å². The number of benzene rings is 1. The number of nitrogens with zero attached hydrogens (tertiary/aromatic N) is 2. The Hall–Kier alpha value is -2.89. The average Bonchev–Trinajstić information content (AvgIpc) is 3.06. The smallest absolute Gasteiger partial charge is 0.339 e. The minimum absolute atomic E-state index is 0.236. The number of nitrogens with one attached hydrogen (secondary N) is 1. The summed E-state index contributed by atoms with van der Waals surface area (Å²) >= 11 is 0. The van der Waals surface area contributed by atoms with Crippen molar-refractivity contribution in [1.82, 2.24) is 9.88 Å². The first-order valence-corrected chi connectivity index (χ1v) is 8.88. The molecule has 1 saturated heterocycles. The van der Waals surface area contributed by atoms with Crippen LogP contribution in [0, 0.1) is 0 Å². The summed E-state index contributed by atoms with van der Waals surface area (Å²) in [7, 11) is 0. The summed E-state index contributed by atoms with van der Waals surface area (Å²) in [6.45, 7) is 4.25. The molecule has 1 N–H and O–H groups in total. The fraction of sp³-hybridized carbons (Fsp3) is 0.350. The number of pyridine rings is 1. The fourth-order valence-electron chi connectivity index (χ4n) is 2.96. The van der Waals surface area contributed by atoms with Gasteiger partial charge in [0.05, 0.1) is 12.2 Å². The maximum Gasteiger partial charge on any atom is 0.339 e. The van der Waals surface area contributed by atoms with E-state index in [-0.39, 0.29) is 11.9 Å². The third-order valence-corrected chi connectivity index (χ3v) is 4.28. The molecule has 3 rings (SSSR count). The molecule has 0 bridgehead atoms. The molecule has 0 spiro atoms. The van der Waals surface area contributed by atoms with Gasteiger partial charge in [0.1, 0.15) is 5.82 Å². The second-order valence-electron chi connectivity index (χ2n) is 6.24. The van der Waals surface area contributed by atoms with E-state index in [0.29, 0.717) is 37.5 Å². The number of carbonyl (C=O) groups excluding carboxylic acids is 2. The molecule has 1 aromatic heterocycles. The van der Waals surface area contributed by atoms with Gasteiger partial charge < -0.3 is 15.0 Å². The van der Waals surface area contributed by atoms with Crippen molar-refractivity contribution in [2.24, 2.45) is 0 Å². The summed E-state index contributed by atoms with van der Waals surface area (Å²) < 4.78 is 4.95. The lowest BCUT2D eigenvalue weighted by atomic mass is 10.1. The zero-order valence-electron chi connectivity index (χ0n) is 14.9. The predicted molar refractivity (Wildman–Crippen MR) is 98.6 cm³/mol. The molecule has 1 fully saturated rings. The van der Waals surface area contributed by atoms with Gasteiger partial charge in [0.25, 0.3) is 0 Å². The van der Waals surface area contributed by atoms with Crippen LogP contribution in [0.1, 0.15) is 41.3 Å². The molecule has 0 saturated carbocycles. The van der Waals surface area contributed by atoms with Crippen LogP contribution >= 0.6 is 0 Å². The van der Waals surface area contributed by atoms with Crippen LogP contribution < -0.4 is 5.32 Å². The molecule has 6 heteroatoms. The van der Waals surface area contributed by atoms with E-state index >= 15 is 0 Å². The van der Waals surface area contributed by atoms with E-state index in [0.717, 1.165) is 24.1 Å². The van der Waals surface area contributed by atoms with Crippen molar-refractivity contribution in [2.45, 2.75) is 32.9 Å². The monoisotopic (exact) mass is 353 g/mol. The average molecular weight is 353 g/mol. The fourth-order valence-corrected chi connectivity index (χ4v) is 2.96. The quantitative estimate of drug-likeness (QED) is 0.775. The molecule has 26 heavy (non-hydrogen) atoms. The standard InChI is InChI=1S/C20H23N3O3/c1-2-26-20(25)17-8-9-18(22-13-17)21-12-15-5-3-6-16(11-15)14-23-10-4-7-19(23)24/h3,5-6,8-9,11,13H,2,4,7,10,12,14H2,1H3,(H,21,22). The Balaban J connectivity index is 1.57. The van der Waals surface area contributed by atoms with Crippen molar-refractivity contribution in [1.29, 1.82) is 0 Å². The Morgan fingerprint density at radius 1 is 1.27 bits per heavy atom. The van der Waals surface area contributed by atoms with E-state index < -0.39 is 0 Å². The summed E-state index contributed by atoms with van der Waals surface area (Å²) in [5.74, 6) is 0.563. The van der Waals surface area contributed by atoms with Crippen LogP contribution in [-0.2, 0) is 22.6 Å². The van der Waals surface area contributed by atoms with Gasteiger partial charge in [-0.15, -0.1) is 0 Å². The summed E-state index contributed by atoms with van der Waals surface area (Å²) in [4.78, 5) is 29.5. The minimum Gasteiger partial charge on any atom is -0.462 e. The van der Waals surface area contributed by atoms with Gasteiger partial charge in [-0.1, -0.05) is 24.3 Å². The first-order valence-electron chi connectivity index (χ1n) is 8.88. The number of hydrogen-bond acceptors (Lipinski definition) is 5. The molecular weight excluding hydrogens is 330 g/mol. The first-order chi connectivity index (χ1) is 12.7. The number of likely N-dealkylation sites (tertiary alicyclic amines) is 1. The van der Waals surface area contributed by atoms with E-state index in [1.54, 1.807) is 19.1 Å². The maximum atomic E-state index is 11.8. The molecule has 0 aliphatic carbocycles. The van der Waals surface area contributed by atoms with E-state index in [1.807, 2.05) is 23.1 Å². The third-order valence-electron chi connectivity index (χ3n) is 4.28. The van der Waals surface area contributed by atoms with Crippen LogP contribution in [0.5, 0.6) is 0 Å². The molecule has 6 nitrogen and oxygen atoms in total. The molecule has 2 aromatic rings. The molecule has 1 aliphatic rings. The van der Waals surface area contributed by atoms with Crippen LogP contribution in [0.4, 0.5) is 5.82 Å². The van der Waals surface area contributed by atoms with Crippen molar-refractivity contribution in [3.05, 3.63) is 59.3 Å². The lowest BCUT2D eigenvalue weighted by Crippen LogP contribution is -2.23. The molecular formula is C20H23N3O3. The highest BCUT2D eigenvalue weighted by Gasteiger charge is 2.19. The van der Waals surface area contributed by atoms with Crippen molar-refractivity contribution in [3.63, 3.8) is 0 Å². The minimum atomic E-state index is -0.365. The SMILES string of the molecule is CCOC(=O)c1ccc(NCc2cccc(CN3CCCC3=O)c2)nc1. The van der Waals surface area contributed by atoms with Gasteiger partial charge in [-0.05, 0) is 36.6 Å². The Kier molecular flexibility index (Phi) is 5.84. The number of hydrogen-bond donors (Lipinski definition) is 1. The van der Waals surface area contributed by atoms with Gasteiger partial charge in [0, 0.05) is 32.3 Å². The summed E-state index contributed by atoms with van der Waals surface area (Å²) in [6, 6.07) is 11.6. The van der Waals surface area contributed by atoms with E-state index in [4.69, 9.17) is 4.74 Å². The van der Waals surface area contributed by atoms with E-state index in [9.17, 15) is 9.59 Å². The molecule has 1 aliphatic heterocycles. The van der Waals surface area contributed by atoms with Crippen LogP contribution in [-0.4, -0.2) is 34.9 Å². The van der Waals surface area contributed by atoms with Gasteiger partial charge in [-0.25, -0.2) is 9.78 Å². The number of aromatic nitrogens is 1. The van der Waals surface area contributed by atoms with Gasteiger partial charge >= 0.3 is 5.97 Å². The third kappa shape index (κ3) is 4.59. The summed E-state index contributed by atoms with van der Waals surface area (Å²) in [6.07, 6.45) is 3.12. The number of esters is 1. The van der Waals surface area contributed by atoms with Gasteiger partial charge in [-0.3, -0.25) is 4.79 Å². The highest BCUT2D eigenvalue weighted by atomic mass is 16.5. The van der Waals surface area contributed by atoms with Crippen LogP contribution in [0.3, 0.4) is 0 Å². The Morgan fingerprint density at radius 2 is 2.12 bits per heavy atom. The molecule has 1 aromatic carbocycles. The Morgan fingerprint density at radius 3 is 2.81 bits per heavy atom. The van der Waals surface area contributed by atoms with Crippen LogP contribution in [0.2, 0.25) is 0 Å². The first kappa shape index (κ1) is 17.9. The molecule has 2 heterocycles. The molecule has 0 atom stereocenters. The van der Waals surface area contributed by atoms with E-state index in [2.05, 4.69) is 16.4 Å². The Labute approximate surface area is 153 Å². The van der Waals surface area contributed by atoms with E-state index in [1.165, 1.54) is 6.20 Å². The maximum absolute atomic E-state index is 11.8. The summed E-state index contributed by atoms with van der Waals surface area (Å²) in [5, 5.41) is 3.24. The number of ether oxygens (including phenoxy) is 1. The van der Waals surface area contributed by atoms with Crippen LogP contribution in [0.25, 0.3) is 0 Å². The van der Waals surface area contributed by atoms with Crippen LogP contribution in [0.15, 0.2) is 42.6 Å². The van der Waals surface area contributed by atoms with Crippen molar-refractivity contribution >= 4 is 17.7 Å². The lowest BCUT2D eigenvalue weighted by Gasteiger charge is -2.16. The summed E-state index contributed by atoms with van der Waals surface area (Å²) in [5.41, 5.74) is 2.69. The number of anilines is 1. The number of carbonyl (C=O) groups is 2. The largest absolute Gasteiger partial charge is 0.462 e. The van der Waals surface area contributed by atoms with Crippen molar-refractivity contribution in [3.8, 4) is 0 Å². The highest BCUT2D eigenvalue weighted by molar-refractivity contribution is 5.89. The number of amides is 1. The second kappa shape index (κ2) is 8.47. The molecule has 136 valence electrons.